The van der Waals surface area contributed by atoms with Gasteiger partial charge >= 0.3 is 0 Å². The number of ether oxygens (including phenoxy) is 1. The number of nitro groups is 1. The first-order valence-corrected chi connectivity index (χ1v) is 7.99. The molecule has 3 rings (SSSR count). The van der Waals surface area contributed by atoms with Crippen LogP contribution in [-0.4, -0.2) is 23.4 Å². The van der Waals surface area contributed by atoms with Gasteiger partial charge in [-0.15, -0.1) is 0 Å². The highest BCUT2D eigenvalue weighted by atomic mass is 19.2. The molecule has 136 valence electrons. The van der Waals surface area contributed by atoms with E-state index in [1.54, 1.807) is 0 Å². The monoisotopic (exact) mass is 362 g/mol. The molecule has 1 N–H and O–H groups in total. The molecule has 0 spiro atoms. The van der Waals surface area contributed by atoms with E-state index in [9.17, 15) is 23.7 Å². The lowest BCUT2D eigenvalue weighted by atomic mass is 10.0. The maximum absolute atomic E-state index is 13.5. The quantitative estimate of drug-likeness (QED) is 0.494. The third kappa shape index (κ3) is 3.55. The van der Waals surface area contributed by atoms with Gasteiger partial charge in [0.2, 0.25) is 0 Å². The van der Waals surface area contributed by atoms with Crippen LogP contribution >= 0.6 is 0 Å². The number of nitrogens with zero attached hydrogens (tertiary/aromatic N) is 1. The molecule has 1 saturated heterocycles. The molecule has 6 nitrogen and oxygen atoms in total. The van der Waals surface area contributed by atoms with Crippen LogP contribution in [0.5, 0.6) is 0 Å². The Morgan fingerprint density at radius 2 is 2.00 bits per heavy atom. The van der Waals surface area contributed by atoms with Gasteiger partial charge in [0, 0.05) is 18.2 Å². The van der Waals surface area contributed by atoms with E-state index in [4.69, 9.17) is 4.74 Å². The Kier molecular flexibility index (Phi) is 4.94. The van der Waals surface area contributed by atoms with Crippen molar-refractivity contribution in [1.29, 1.82) is 0 Å². The van der Waals surface area contributed by atoms with Crippen LogP contribution in [-0.2, 0) is 4.74 Å². The van der Waals surface area contributed by atoms with Gasteiger partial charge < -0.3 is 10.1 Å². The molecule has 2 aromatic rings. The van der Waals surface area contributed by atoms with Crippen LogP contribution in [0.2, 0.25) is 0 Å². The van der Waals surface area contributed by atoms with Crippen LogP contribution in [0, 0.1) is 21.7 Å². The average Bonchev–Trinajstić information content (AvgIpc) is 3.05. The largest absolute Gasteiger partial charge is 0.374 e. The number of nitro benzene ring substituents is 1. The van der Waals surface area contributed by atoms with Gasteiger partial charge in [-0.1, -0.05) is 6.07 Å². The first-order valence-electron chi connectivity index (χ1n) is 7.99. The number of anilines is 1. The fourth-order valence-corrected chi connectivity index (χ4v) is 2.98. The number of carbonyl (C=O) groups is 1. The molecule has 1 fully saturated rings. The predicted octanol–water partition coefficient (Wildman–Crippen LogP) is 4.02. The lowest BCUT2D eigenvalue weighted by Crippen LogP contribution is -2.24. The summed E-state index contributed by atoms with van der Waals surface area (Å²) in [5, 5.41) is 14.4. The van der Waals surface area contributed by atoms with Gasteiger partial charge in [0.1, 0.15) is 11.8 Å². The van der Waals surface area contributed by atoms with E-state index in [-0.39, 0.29) is 28.8 Å². The van der Waals surface area contributed by atoms with Crippen molar-refractivity contribution in [2.75, 3.05) is 11.9 Å². The molecular weight excluding hydrogens is 346 g/mol. The molecule has 0 bridgehead atoms. The minimum atomic E-state index is -0.978. The van der Waals surface area contributed by atoms with Gasteiger partial charge in [0.25, 0.3) is 5.69 Å². The summed E-state index contributed by atoms with van der Waals surface area (Å²) >= 11 is 0. The molecule has 2 aromatic carbocycles. The second-order valence-corrected chi connectivity index (χ2v) is 6.05. The Bertz CT molecular complexity index is 872. The van der Waals surface area contributed by atoms with Crippen LogP contribution in [0.1, 0.15) is 35.4 Å². The SMILES string of the molecule is CC(=O)c1ccc(NC2CCOC2c2ccc(F)c(F)c2)c([N+](=O)[O-])c1. The molecule has 0 radical (unpaired) electrons. The Morgan fingerprint density at radius 3 is 2.65 bits per heavy atom. The third-order valence-electron chi connectivity index (χ3n) is 4.31. The zero-order valence-corrected chi connectivity index (χ0v) is 13.9. The molecule has 0 amide bonds. The van der Waals surface area contributed by atoms with Crippen molar-refractivity contribution in [1.82, 2.24) is 0 Å². The molecule has 2 unspecified atom stereocenters. The molecule has 8 heteroatoms. The minimum Gasteiger partial charge on any atom is -0.374 e. The van der Waals surface area contributed by atoms with Gasteiger partial charge in [0.15, 0.2) is 17.4 Å². The van der Waals surface area contributed by atoms with Gasteiger partial charge in [-0.3, -0.25) is 14.9 Å². The molecule has 2 atom stereocenters. The van der Waals surface area contributed by atoms with Crippen molar-refractivity contribution < 1.29 is 23.2 Å². The highest BCUT2D eigenvalue weighted by molar-refractivity contribution is 5.95. The molecule has 0 aromatic heterocycles. The summed E-state index contributed by atoms with van der Waals surface area (Å²) in [7, 11) is 0. The van der Waals surface area contributed by atoms with Crippen molar-refractivity contribution in [3.8, 4) is 0 Å². The zero-order valence-electron chi connectivity index (χ0n) is 13.9. The van der Waals surface area contributed by atoms with Crippen molar-refractivity contribution in [2.24, 2.45) is 0 Å². The van der Waals surface area contributed by atoms with Crippen LogP contribution < -0.4 is 5.32 Å². The van der Waals surface area contributed by atoms with Crippen LogP contribution in [0.3, 0.4) is 0 Å². The summed E-state index contributed by atoms with van der Waals surface area (Å²) in [5.41, 5.74) is 0.695. The van der Waals surface area contributed by atoms with Gasteiger partial charge in [-0.25, -0.2) is 8.78 Å². The average molecular weight is 362 g/mol. The van der Waals surface area contributed by atoms with E-state index in [2.05, 4.69) is 5.32 Å². The Balaban J connectivity index is 1.88. The van der Waals surface area contributed by atoms with E-state index in [0.29, 0.717) is 18.6 Å². The molecule has 0 saturated carbocycles. The normalized spacial score (nSPS) is 19.3. The minimum absolute atomic E-state index is 0.228. The fraction of sp³-hybridized carbons (Fsp3) is 0.278. The van der Waals surface area contributed by atoms with Gasteiger partial charge in [-0.2, -0.15) is 0 Å². The summed E-state index contributed by atoms with van der Waals surface area (Å²) in [6.45, 7) is 1.71. The highest BCUT2D eigenvalue weighted by Gasteiger charge is 2.32. The van der Waals surface area contributed by atoms with Crippen molar-refractivity contribution in [2.45, 2.75) is 25.5 Å². The highest BCUT2D eigenvalue weighted by Crippen LogP contribution is 2.35. The number of hydrogen-bond donors (Lipinski definition) is 1. The summed E-state index contributed by atoms with van der Waals surface area (Å²) in [6, 6.07) is 7.33. The van der Waals surface area contributed by atoms with Gasteiger partial charge in [0.05, 0.1) is 11.0 Å². The maximum atomic E-state index is 13.5. The fourth-order valence-electron chi connectivity index (χ4n) is 2.98. The topological polar surface area (TPSA) is 81.5 Å². The Hall–Kier alpha value is -2.87. The molecule has 1 aliphatic heterocycles. The number of ketones is 1. The lowest BCUT2D eigenvalue weighted by Gasteiger charge is -2.21. The van der Waals surface area contributed by atoms with Gasteiger partial charge in [-0.05, 0) is 43.2 Å². The Morgan fingerprint density at radius 1 is 1.23 bits per heavy atom. The third-order valence-corrected chi connectivity index (χ3v) is 4.31. The standard InChI is InChI=1S/C18H16F2N2O4/c1-10(23)11-3-5-15(17(9-11)22(24)25)21-16-6-7-26-18(16)12-2-4-13(19)14(20)8-12/h2-5,8-9,16,18,21H,6-7H2,1H3. The Labute approximate surface area is 147 Å². The van der Waals surface area contributed by atoms with Crippen LogP contribution in [0.15, 0.2) is 36.4 Å². The summed E-state index contributed by atoms with van der Waals surface area (Å²) < 4.78 is 32.3. The van der Waals surface area contributed by atoms with Crippen LogP contribution in [0.25, 0.3) is 0 Å². The molecule has 26 heavy (non-hydrogen) atoms. The molecule has 0 aliphatic carbocycles. The maximum Gasteiger partial charge on any atom is 0.293 e. The number of halogens is 2. The first kappa shape index (κ1) is 17.9. The first-order chi connectivity index (χ1) is 12.4. The molecule has 1 heterocycles. The van der Waals surface area contributed by atoms with Crippen LogP contribution in [0.4, 0.5) is 20.2 Å². The second-order valence-electron chi connectivity index (χ2n) is 6.05. The number of nitrogens with one attached hydrogen (secondary N) is 1. The van der Waals surface area contributed by atoms with E-state index < -0.39 is 22.7 Å². The zero-order chi connectivity index (χ0) is 18.8. The predicted molar refractivity (Wildman–Crippen MR) is 90.2 cm³/mol. The van der Waals surface area contributed by atoms with Crippen molar-refractivity contribution >= 4 is 17.2 Å². The lowest BCUT2D eigenvalue weighted by molar-refractivity contribution is -0.384. The number of Topliss-reactive ketones (excluding diaryl/α,β-unsaturated/α-hetero) is 1. The number of benzene rings is 2. The molecule has 1 aliphatic rings. The van der Waals surface area contributed by atoms with E-state index in [0.717, 1.165) is 12.1 Å². The number of hydrogen-bond acceptors (Lipinski definition) is 5. The number of rotatable bonds is 5. The summed E-state index contributed by atoms with van der Waals surface area (Å²) in [6.07, 6.45) is -0.0351. The van der Waals surface area contributed by atoms with E-state index >= 15 is 0 Å². The molecular formula is C18H16F2N2O4. The second kappa shape index (κ2) is 7.17. The summed E-state index contributed by atoms with van der Waals surface area (Å²) in [5.74, 6) is -2.20. The van der Waals surface area contributed by atoms with E-state index in [1.165, 1.54) is 31.2 Å². The van der Waals surface area contributed by atoms with E-state index in [1.807, 2.05) is 0 Å². The smallest absolute Gasteiger partial charge is 0.293 e. The van der Waals surface area contributed by atoms with Crippen molar-refractivity contribution in [3.63, 3.8) is 0 Å². The summed E-state index contributed by atoms with van der Waals surface area (Å²) in [4.78, 5) is 22.2. The van der Waals surface area contributed by atoms with Crippen molar-refractivity contribution in [3.05, 3.63) is 69.3 Å². The number of carbonyl (C=O) groups excluding carboxylic acids is 1.